The number of carbonyl (C=O) groups excluding carboxylic acids is 1. The van der Waals surface area contributed by atoms with Gasteiger partial charge in [0.2, 0.25) is 5.91 Å². The van der Waals surface area contributed by atoms with Crippen LogP contribution < -0.4 is 5.32 Å². The lowest BCUT2D eigenvalue weighted by atomic mass is 10.1. The molecule has 28 heavy (non-hydrogen) atoms. The Balaban J connectivity index is 1.71. The average Bonchev–Trinajstić information content (AvgIpc) is 2.70. The van der Waals surface area contributed by atoms with Crippen LogP contribution in [0.5, 0.6) is 0 Å². The zero-order chi connectivity index (χ0) is 20.4. The Labute approximate surface area is 168 Å². The molecule has 2 aromatic rings. The van der Waals surface area contributed by atoms with Crippen LogP contribution in [0.1, 0.15) is 28.7 Å². The van der Waals surface area contributed by atoms with Gasteiger partial charge in [-0.15, -0.1) is 0 Å². The molecule has 2 N–H and O–H groups in total. The van der Waals surface area contributed by atoms with Crippen molar-refractivity contribution < 1.29 is 14.4 Å². The van der Waals surface area contributed by atoms with Crippen LogP contribution in [-0.2, 0) is 17.9 Å². The normalized spacial score (nSPS) is 11.5. The third-order valence-electron chi connectivity index (χ3n) is 4.65. The lowest BCUT2D eigenvalue weighted by molar-refractivity contribution is -0.903. The van der Waals surface area contributed by atoms with E-state index in [1.807, 2.05) is 30.3 Å². The van der Waals surface area contributed by atoms with Crippen molar-refractivity contribution in [3.8, 4) is 0 Å². The number of rotatable bonds is 10. The highest BCUT2D eigenvalue weighted by atomic mass is 16.3. The summed E-state index contributed by atoms with van der Waals surface area (Å²) in [7, 11) is 4.42. The van der Waals surface area contributed by atoms with Gasteiger partial charge in [-0.05, 0) is 22.8 Å². The number of quaternary nitrogens is 1. The van der Waals surface area contributed by atoms with E-state index < -0.39 is 0 Å². The highest BCUT2D eigenvalue weighted by Gasteiger charge is 2.15. The van der Waals surface area contributed by atoms with Crippen molar-refractivity contribution in [1.29, 1.82) is 0 Å². The number of aliphatic hydroxyl groups excluding tert-OH is 1. The largest absolute Gasteiger partial charge is 0.392 e. The van der Waals surface area contributed by atoms with E-state index in [-0.39, 0.29) is 12.5 Å². The summed E-state index contributed by atoms with van der Waals surface area (Å²) in [4.78, 5) is 12.0. The lowest BCUT2D eigenvalue weighted by Crippen LogP contribution is -2.40. The SMILES string of the molecule is C=Cc1ccc(C[N+](C)(C)CCCNC(=O)/C=C/c2ccc(CO)cc2)cc1. The van der Waals surface area contributed by atoms with Gasteiger partial charge in [-0.3, -0.25) is 4.79 Å². The molecule has 0 aliphatic rings. The van der Waals surface area contributed by atoms with Gasteiger partial charge in [-0.2, -0.15) is 0 Å². The molecule has 0 aliphatic heterocycles. The van der Waals surface area contributed by atoms with Gasteiger partial charge in [0, 0.05) is 24.6 Å². The van der Waals surface area contributed by atoms with E-state index in [1.54, 1.807) is 12.2 Å². The summed E-state index contributed by atoms with van der Waals surface area (Å²) in [6.07, 6.45) is 6.10. The molecule has 0 aliphatic carbocycles. The number of nitrogens with zero attached hydrogens (tertiary/aromatic N) is 1. The van der Waals surface area contributed by atoms with E-state index in [2.05, 4.69) is 50.3 Å². The molecule has 148 valence electrons. The lowest BCUT2D eigenvalue weighted by Gasteiger charge is -2.30. The van der Waals surface area contributed by atoms with Gasteiger partial charge in [0.1, 0.15) is 6.54 Å². The van der Waals surface area contributed by atoms with Crippen molar-refractivity contribution in [3.63, 3.8) is 0 Å². The van der Waals surface area contributed by atoms with Crippen molar-refractivity contribution in [2.75, 3.05) is 27.2 Å². The van der Waals surface area contributed by atoms with Gasteiger partial charge in [0.15, 0.2) is 0 Å². The Kier molecular flexibility index (Phi) is 8.18. The second kappa shape index (κ2) is 10.6. The van der Waals surface area contributed by atoms with Crippen LogP contribution in [-0.4, -0.2) is 42.7 Å². The molecule has 0 saturated carbocycles. The van der Waals surface area contributed by atoms with E-state index in [1.165, 1.54) is 5.56 Å². The molecule has 0 radical (unpaired) electrons. The highest BCUT2D eigenvalue weighted by molar-refractivity contribution is 5.91. The zero-order valence-corrected chi connectivity index (χ0v) is 16.9. The Morgan fingerprint density at radius 2 is 1.64 bits per heavy atom. The van der Waals surface area contributed by atoms with Crippen LogP contribution in [0, 0.1) is 0 Å². The molecule has 0 unspecified atom stereocenters. The van der Waals surface area contributed by atoms with Gasteiger partial charge < -0.3 is 14.9 Å². The quantitative estimate of drug-likeness (QED) is 0.376. The van der Waals surface area contributed by atoms with E-state index >= 15 is 0 Å². The number of hydrogen-bond acceptors (Lipinski definition) is 2. The molecule has 0 spiro atoms. The summed E-state index contributed by atoms with van der Waals surface area (Å²) in [5.41, 5.74) is 4.23. The maximum atomic E-state index is 12.0. The van der Waals surface area contributed by atoms with Crippen molar-refractivity contribution in [2.45, 2.75) is 19.6 Å². The fourth-order valence-electron chi connectivity index (χ4n) is 3.02. The van der Waals surface area contributed by atoms with E-state index in [0.717, 1.165) is 40.7 Å². The fourth-order valence-corrected chi connectivity index (χ4v) is 3.02. The number of aliphatic hydroxyl groups is 1. The number of benzene rings is 2. The first kappa shape index (κ1) is 21.6. The highest BCUT2D eigenvalue weighted by Crippen LogP contribution is 2.12. The van der Waals surface area contributed by atoms with Crippen molar-refractivity contribution >= 4 is 18.1 Å². The van der Waals surface area contributed by atoms with Crippen molar-refractivity contribution in [1.82, 2.24) is 5.32 Å². The summed E-state index contributed by atoms with van der Waals surface area (Å²) in [5.74, 6) is -0.0865. The monoisotopic (exact) mass is 379 g/mol. The zero-order valence-electron chi connectivity index (χ0n) is 16.9. The summed E-state index contributed by atoms with van der Waals surface area (Å²) >= 11 is 0. The first-order chi connectivity index (χ1) is 13.4. The van der Waals surface area contributed by atoms with Crippen molar-refractivity contribution in [3.05, 3.63) is 83.4 Å². The second-order valence-electron chi connectivity index (χ2n) is 7.64. The van der Waals surface area contributed by atoms with Crippen LogP contribution >= 0.6 is 0 Å². The third kappa shape index (κ3) is 7.51. The molecule has 0 aromatic heterocycles. The summed E-state index contributed by atoms with van der Waals surface area (Å²) in [6, 6.07) is 15.9. The Hall–Kier alpha value is -2.69. The van der Waals surface area contributed by atoms with E-state index in [4.69, 9.17) is 5.11 Å². The first-order valence-corrected chi connectivity index (χ1v) is 9.61. The second-order valence-corrected chi connectivity index (χ2v) is 7.64. The smallest absolute Gasteiger partial charge is 0.244 e. The minimum atomic E-state index is -0.0865. The fraction of sp³-hybridized carbons (Fsp3) is 0.292. The predicted molar refractivity (Wildman–Crippen MR) is 116 cm³/mol. The van der Waals surface area contributed by atoms with Crippen LogP contribution in [0.4, 0.5) is 0 Å². The topological polar surface area (TPSA) is 49.3 Å². The molecule has 4 nitrogen and oxygen atoms in total. The van der Waals surface area contributed by atoms with Gasteiger partial charge in [-0.1, -0.05) is 61.2 Å². The summed E-state index contributed by atoms with van der Waals surface area (Å²) < 4.78 is 0.871. The van der Waals surface area contributed by atoms with E-state index in [0.29, 0.717) is 6.54 Å². The van der Waals surface area contributed by atoms with Gasteiger partial charge >= 0.3 is 0 Å². The molecule has 2 rings (SSSR count). The molecule has 1 amide bonds. The summed E-state index contributed by atoms with van der Waals surface area (Å²) in [6.45, 7) is 6.40. The summed E-state index contributed by atoms with van der Waals surface area (Å²) in [5, 5.41) is 12.0. The molecule has 2 aromatic carbocycles. The van der Waals surface area contributed by atoms with Gasteiger partial charge in [0.05, 0.1) is 27.2 Å². The molecular weight excluding hydrogens is 348 g/mol. The molecule has 0 saturated heterocycles. The minimum Gasteiger partial charge on any atom is -0.392 e. The number of carbonyl (C=O) groups is 1. The third-order valence-corrected chi connectivity index (χ3v) is 4.65. The van der Waals surface area contributed by atoms with Crippen LogP contribution in [0.25, 0.3) is 12.2 Å². The molecule has 0 bridgehead atoms. The Bertz CT molecular complexity index is 790. The van der Waals surface area contributed by atoms with Crippen molar-refractivity contribution in [2.24, 2.45) is 0 Å². The molecule has 0 fully saturated rings. The first-order valence-electron chi connectivity index (χ1n) is 9.61. The molecule has 0 atom stereocenters. The van der Waals surface area contributed by atoms with Gasteiger partial charge in [0.25, 0.3) is 0 Å². The molecular formula is C24H31N2O2+. The minimum absolute atomic E-state index is 0.0273. The number of hydrogen-bond donors (Lipinski definition) is 2. The predicted octanol–water partition coefficient (Wildman–Crippen LogP) is 3.62. The maximum absolute atomic E-state index is 12.0. The molecule has 0 heterocycles. The maximum Gasteiger partial charge on any atom is 0.244 e. The number of nitrogens with one attached hydrogen (secondary N) is 1. The van der Waals surface area contributed by atoms with Crippen LogP contribution in [0.3, 0.4) is 0 Å². The standard InChI is InChI=1S/C24H30N2O2/c1-4-20-6-10-22(11-7-20)18-26(2,3)17-5-16-25-24(28)15-14-21-8-12-23(19-27)13-9-21/h4,6-15,27H,1,5,16-19H2,2-3H3/p+1/b15-14+. The van der Waals surface area contributed by atoms with Gasteiger partial charge in [-0.25, -0.2) is 0 Å². The molecule has 4 heteroatoms. The Morgan fingerprint density at radius 3 is 2.25 bits per heavy atom. The van der Waals surface area contributed by atoms with Crippen LogP contribution in [0.2, 0.25) is 0 Å². The average molecular weight is 380 g/mol. The number of amides is 1. The van der Waals surface area contributed by atoms with Crippen LogP contribution in [0.15, 0.2) is 61.2 Å². The Morgan fingerprint density at radius 1 is 1.04 bits per heavy atom. The van der Waals surface area contributed by atoms with E-state index in [9.17, 15) is 4.79 Å².